The van der Waals surface area contributed by atoms with E-state index in [-0.39, 0.29) is 12.5 Å². The Hall–Kier alpha value is -2.69. The van der Waals surface area contributed by atoms with Gasteiger partial charge in [0.05, 0.1) is 19.3 Å². The maximum atomic E-state index is 12.5. The lowest BCUT2D eigenvalue weighted by Crippen LogP contribution is -2.40. The van der Waals surface area contributed by atoms with Gasteiger partial charge in [-0.3, -0.25) is 4.79 Å². The normalized spacial score (nSPS) is 13.0. The maximum Gasteiger partial charge on any atom is 0.265 e. The van der Waals surface area contributed by atoms with Crippen molar-refractivity contribution in [2.75, 3.05) is 31.8 Å². The van der Waals surface area contributed by atoms with Gasteiger partial charge < -0.3 is 19.1 Å². The summed E-state index contributed by atoms with van der Waals surface area (Å²) >= 11 is 0. The summed E-state index contributed by atoms with van der Waals surface area (Å²) in [5.41, 5.74) is 1.88. The first kappa shape index (κ1) is 15.2. The van der Waals surface area contributed by atoms with Gasteiger partial charge in [-0.15, -0.1) is 0 Å². The van der Waals surface area contributed by atoms with Gasteiger partial charge in [0.2, 0.25) is 0 Å². The molecule has 1 aliphatic heterocycles. The van der Waals surface area contributed by atoms with Crippen molar-refractivity contribution in [1.29, 1.82) is 0 Å². The van der Waals surface area contributed by atoms with Crippen molar-refractivity contribution in [2.24, 2.45) is 0 Å². The zero-order valence-electron chi connectivity index (χ0n) is 13.2. The van der Waals surface area contributed by atoms with Crippen LogP contribution < -0.4 is 19.1 Å². The Morgan fingerprint density at radius 2 is 2.00 bits per heavy atom. The number of methoxy groups -OCH3 is 1. The average Bonchev–Trinajstić information content (AvgIpc) is 2.59. The molecular weight excluding hydrogens is 294 g/mol. The van der Waals surface area contributed by atoms with Crippen LogP contribution in [-0.2, 0) is 4.79 Å². The van der Waals surface area contributed by atoms with Gasteiger partial charge in [-0.1, -0.05) is 18.2 Å². The lowest BCUT2D eigenvalue weighted by Gasteiger charge is -2.29. The first-order valence-corrected chi connectivity index (χ1v) is 7.48. The number of nitrogens with zero attached hydrogens (tertiary/aromatic N) is 1. The van der Waals surface area contributed by atoms with Crippen molar-refractivity contribution in [3.05, 3.63) is 48.0 Å². The second kappa shape index (κ2) is 6.60. The number of rotatable bonds is 4. The van der Waals surface area contributed by atoms with Crippen molar-refractivity contribution in [3.63, 3.8) is 0 Å². The second-order valence-electron chi connectivity index (χ2n) is 5.30. The molecule has 5 heteroatoms. The standard InChI is InChI=1S/C18H19NO4/c1-13-7-8-15-14(11-13)19(9-10-22-15)18(20)12-23-17-6-4-3-5-16(17)21-2/h3-8,11H,9-10,12H2,1-2H3. The van der Waals surface area contributed by atoms with Crippen LogP contribution in [0.25, 0.3) is 0 Å². The van der Waals surface area contributed by atoms with E-state index in [2.05, 4.69) is 0 Å². The van der Waals surface area contributed by atoms with Crippen molar-refractivity contribution in [3.8, 4) is 17.2 Å². The van der Waals surface area contributed by atoms with Gasteiger partial charge in [0, 0.05) is 0 Å². The van der Waals surface area contributed by atoms with E-state index in [9.17, 15) is 4.79 Å². The van der Waals surface area contributed by atoms with E-state index < -0.39 is 0 Å². The number of ether oxygens (including phenoxy) is 3. The molecule has 1 heterocycles. The summed E-state index contributed by atoms with van der Waals surface area (Å²) in [4.78, 5) is 14.3. The molecule has 3 rings (SSSR count). The second-order valence-corrected chi connectivity index (χ2v) is 5.30. The molecule has 1 aliphatic rings. The van der Waals surface area contributed by atoms with Gasteiger partial charge in [0.15, 0.2) is 18.1 Å². The van der Waals surface area contributed by atoms with Gasteiger partial charge in [-0.05, 0) is 36.8 Å². The van der Waals surface area contributed by atoms with Crippen molar-refractivity contribution < 1.29 is 19.0 Å². The van der Waals surface area contributed by atoms with Crippen LogP contribution in [0.1, 0.15) is 5.56 Å². The lowest BCUT2D eigenvalue weighted by molar-refractivity contribution is -0.120. The van der Waals surface area contributed by atoms with E-state index in [1.807, 2.05) is 37.3 Å². The number of aryl methyl sites for hydroxylation is 1. The number of carbonyl (C=O) groups excluding carboxylic acids is 1. The van der Waals surface area contributed by atoms with Gasteiger partial charge in [-0.25, -0.2) is 0 Å². The highest BCUT2D eigenvalue weighted by molar-refractivity contribution is 5.96. The van der Waals surface area contributed by atoms with Crippen LogP contribution in [0.3, 0.4) is 0 Å². The number of hydrogen-bond acceptors (Lipinski definition) is 4. The molecule has 2 aromatic carbocycles. The Balaban J connectivity index is 1.74. The summed E-state index contributed by atoms with van der Waals surface area (Å²) in [6.07, 6.45) is 0. The van der Waals surface area contributed by atoms with Crippen LogP contribution in [0.4, 0.5) is 5.69 Å². The molecule has 0 saturated carbocycles. The van der Waals surface area contributed by atoms with E-state index in [4.69, 9.17) is 14.2 Å². The van der Waals surface area contributed by atoms with E-state index in [1.165, 1.54) is 0 Å². The number of anilines is 1. The molecule has 1 amide bonds. The number of hydrogen-bond donors (Lipinski definition) is 0. The van der Waals surface area contributed by atoms with Crippen molar-refractivity contribution >= 4 is 11.6 Å². The van der Waals surface area contributed by atoms with Gasteiger partial charge in [-0.2, -0.15) is 0 Å². The third kappa shape index (κ3) is 3.23. The third-order valence-corrected chi connectivity index (χ3v) is 3.70. The molecule has 5 nitrogen and oxygen atoms in total. The minimum absolute atomic E-state index is 0.0479. The fourth-order valence-electron chi connectivity index (χ4n) is 2.54. The quantitative estimate of drug-likeness (QED) is 0.871. The first-order valence-electron chi connectivity index (χ1n) is 7.48. The average molecular weight is 313 g/mol. The van der Waals surface area contributed by atoms with E-state index in [0.29, 0.717) is 24.7 Å². The summed E-state index contributed by atoms with van der Waals surface area (Å²) in [5.74, 6) is 1.79. The van der Waals surface area contributed by atoms with Gasteiger partial charge >= 0.3 is 0 Å². The van der Waals surface area contributed by atoms with Gasteiger partial charge in [0.25, 0.3) is 5.91 Å². The van der Waals surface area contributed by atoms with E-state index in [1.54, 1.807) is 24.1 Å². The van der Waals surface area contributed by atoms with E-state index >= 15 is 0 Å². The predicted octanol–water partition coefficient (Wildman–Crippen LogP) is 2.81. The Morgan fingerprint density at radius 3 is 2.78 bits per heavy atom. The maximum absolute atomic E-state index is 12.5. The fraction of sp³-hybridized carbons (Fsp3) is 0.278. The molecule has 0 unspecified atom stereocenters. The number of benzene rings is 2. The Morgan fingerprint density at radius 1 is 1.22 bits per heavy atom. The molecule has 23 heavy (non-hydrogen) atoms. The zero-order valence-corrected chi connectivity index (χ0v) is 13.2. The number of para-hydroxylation sites is 2. The number of carbonyl (C=O) groups is 1. The van der Waals surface area contributed by atoms with Crippen LogP contribution in [0.5, 0.6) is 17.2 Å². The molecular formula is C18H19NO4. The number of fused-ring (bicyclic) bond motifs is 1. The van der Waals surface area contributed by atoms with Crippen LogP contribution in [0.15, 0.2) is 42.5 Å². The van der Waals surface area contributed by atoms with Crippen LogP contribution >= 0.6 is 0 Å². The Labute approximate surface area is 135 Å². The molecule has 0 atom stereocenters. The summed E-state index contributed by atoms with van der Waals surface area (Å²) in [7, 11) is 1.57. The smallest absolute Gasteiger partial charge is 0.265 e. The molecule has 2 aromatic rings. The molecule has 0 spiro atoms. The SMILES string of the molecule is COc1ccccc1OCC(=O)N1CCOc2ccc(C)cc21. The lowest BCUT2D eigenvalue weighted by atomic mass is 10.1. The summed E-state index contributed by atoms with van der Waals surface area (Å²) in [6, 6.07) is 13.1. The highest BCUT2D eigenvalue weighted by Crippen LogP contribution is 2.32. The van der Waals surface area contributed by atoms with E-state index in [0.717, 1.165) is 17.0 Å². The Kier molecular flexibility index (Phi) is 4.37. The van der Waals surface area contributed by atoms with Gasteiger partial charge in [0.1, 0.15) is 12.4 Å². The Bertz CT molecular complexity index is 714. The zero-order chi connectivity index (χ0) is 16.2. The topological polar surface area (TPSA) is 48.0 Å². The minimum atomic E-state index is -0.106. The van der Waals surface area contributed by atoms with Crippen LogP contribution in [0.2, 0.25) is 0 Å². The monoisotopic (exact) mass is 313 g/mol. The third-order valence-electron chi connectivity index (χ3n) is 3.70. The van der Waals surface area contributed by atoms with Crippen LogP contribution in [0, 0.1) is 6.92 Å². The first-order chi connectivity index (χ1) is 11.2. The summed E-state index contributed by atoms with van der Waals surface area (Å²) < 4.78 is 16.5. The van der Waals surface area contributed by atoms with Crippen LogP contribution in [-0.4, -0.2) is 32.8 Å². The summed E-state index contributed by atoms with van der Waals surface area (Å²) in [6.45, 7) is 2.94. The summed E-state index contributed by atoms with van der Waals surface area (Å²) in [5, 5.41) is 0. The molecule has 120 valence electrons. The minimum Gasteiger partial charge on any atom is -0.493 e. The molecule has 0 bridgehead atoms. The van der Waals surface area contributed by atoms with Crippen molar-refractivity contribution in [2.45, 2.75) is 6.92 Å². The van der Waals surface area contributed by atoms with Crippen molar-refractivity contribution in [1.82, 2.24) is 0 Å². The fourth-order valence-corrected chi connectivity index (χ4v) is 2.54. The highest BCUT2D eigenvalue weighted by Gasteiger charge is 2.24. The molecule has 0 aliphatic carbocycles. The molecule has 0 radical (unpaired) electrons. The highest BCUT2D eigenvalue weighted by atomic mass is 16.5. The molecule has 0 saturated heterocycles. The molecule has 0 aromatic heterocycles. The molecule has 0 N–H and O–H groups in total. The molecule has 0 fully saturated rings. The largest absolute Gasteiger partial charge is 0.493 e. The number of amides is 1. The predicted molar refractivity (Wildman–Crippen MR) is 87.5 cm³/mol.